The van der Waals surface area contributed by atoms with Gasteiger partial charge in [0.1, 0.15) is 5.82 Å². The number of H-pyrrole nitrogens is 1. The SMILES string of the molecule is Cn1[nH]c(-c2ccc(S(C)(=O)=O)cc2)c(-c2ccc(F)cc2)c1=O. The van der Waals surface area contributed by atoms with Crippen molar-refractivity contribution in [2.24, 2.45) is 7.05 Å². The number of aryl methyl sites for hydroxylation is 1. The number of rotatable bonds is 3. The molecule has 0 aliphatic heterocycles. The summed E-state index contributed by atoms with van der Waals surface area (Å²) in [6.07, 6.45) is 1.14. The highest BCUT2D eigenvalue weighted by Crippen LogP contribution is 2.28. The van der Waals surface area contributed by atoms with Gasteiger partial charge in [-0.05, 0) is 29.8 Å². The second-order valence-electron chi connectivity index (χ2n) is 5.53. The number of benzene rings is 2. The summed E-state index contributed by atoms with van der Waals surface area (Å²) in [6.45, 7) is 0. The van der Waals surface area contributed by atoms with Crippen LogP contribution in [-0.4, -0.2) is 24.5 Å². The molecule has 24 heavy (non-hydrogen) atoms. The first-order chi connectivity index (χ1) is 11.3. The zero-order valence-corrected chi connectivity index (χ0v) is 13.9. The molecule has 0 bridgehead atoms. The molecule has 0 aliphatic carbocycles. The van der Waals surface area contributed by atoms with E-state index in [2.05, 4.69) is 5.10 Å². The molecule has 0 saturated heterocycles. The van der Waals surface area contributed by atoms with Gasteiger partial charge in [0.15, 0.2) is 9.84 Å². The summed E-state index contributed by atoms with van der Waals surface area (Å²) >= 11 is 0. The molecule has 7 heteroatoms. The average molecular weight is 346 g/mol. The van der Waals surface area contributed by atoms with E-state index >= 15 is 0 Å². The van der Waals surface area contributed by atoms with Crippen molar-refractivity contribution in [1.29, 1.82) is 0 Å². The van der Waals surface area contributed by atoms with E-state index in [4.69, 9.17) is 0 Å². The van der Waals surface area contributed by atoms with Crippen molar-refractivity contribution in [2.45, 2.75) is 4.90 Å². The topological polar surface area (TPSA) is 71.9 Å². The molecule has 124 valence electrons. The second-order valence-corrected chi connectivity index (χ2v) is 7.55. The van der Waals surface area contributed by atoms with Gasteiger partial charge >= 0.3 is 0 Å². The smallest absolute Gasteiger partial charge is 0.274 e. The van der Waals surface area contributed by atoms with Crippen LogP contribution in [0.4, 0.5) is 4.39 Å². The molecule has 2 aromatic carbocycles. The third-order valence-corrected chi connectivity index (χ3v) is 4.88. The number of nitrogens with zero attached hydrogens (tertiary/aromatic N) is 1. The van der Waals surface area contributed by atoms with Crippen molar-refractivity contribution in [2.75, 3.05) is 6.26 Å². The fourth-order valence-corrected chi connectivity index (χ4v) is 3.14. The Kier molecular flexibility index (Phi) is 3.88. The molecule has 3 aromatic rings. The number of sulfone groups is 1. The maximum atomic E-state index is 13.1. The first-order valence-corrected chi connectivity index (χ1v) is 9.02. The molecule has 1 aromatic heterocycles. The highest BCUT2D eigenvalue weighted by Gasteiger charge is 2.17. The van der Waals surface area contributed by atoms with E-state index in [1.807, 2.05) is 0 Å². The van der Waals surface area contributed by atoms with Crippen LogP contribution in [0.1, 0.15) is 0 Å². The molecule has 1 N–H and O–H groups in total. The van der Waals surface area contributed by atoms with Crippen molar-refractivity contribution in [1.82, 2.24) is 9.78 Å². The largest absolute Gasteiger partial charge is 0.295 e. The highest BCUT2D eigenvalue weighted by atomic mass is 32.2. The van der Waals surface area contributed by atoms with Crippen molar-refractivity contribution < 1.29 is 12.8 Å². The van der Waals surface area contributed by atoms with Gasteiger partial charge in [-0.3, -0.25) is 14.6 Å². The Labute approximate surface area is 138 Å². The molecule has 5 nitrogen and oxygen atoms in total. The third kappa shape index (κ3) is 2.90. The van der Waals surface area contributed by atoms with E-state index in [0.717, 1.165) is 6.26 Å². The standard InChI is InChI=1S/C17H15FN2O3S/c1-20-17(21)15(11-3-7-13(18)8-4-11)16(19-20)12-5-9-14(10-6-12)24(2,22)23/h3-10,19H,1-2H3. The Morgan fingerprint density at radius 2 is 1.50 bits per heavy atom. The van der Waals surface area contributed by atoms with Crippen LogP contribution in [0.2, 0.25) is 0 Å². The molecule has 0 amide bonds. The molecular formula is C17H15FN2O3S. The van der Waals surface area contributed by atoms with Gasteiger partial charge in [0, 0.05) is 18.9 Å². The number of nitrogens with one attached hydrogen (secondary N) is 1. The molecule has 0 unspecified atom stereocenters. The van der Waals surface area contributed by atoms with Crippen LogP contribution in [0, 0.1) is 5.82 Å². The Morgan fingerprint density at radius 3 is 2.04 bits per heavy atom. The summed E-state index contributed by atoms with van der Waals surface area (Å²) in [6, 6.07) is 11.9. The summed E-state index contributed by atoms with van der Waals surface area (Å²) in [5.41, 5.74) is 1.96. The first kappa shape index (κ1) is 16.2. The van der Waals surface area contributed by atoms with Crippen LogP contribution < -0.4 is 5.56 Å². The molecule has 0 spiro atoms. The second kappa shape index (κ2) is 5.76. The Bertz CT molecular complexity index is 1050. The van der Waals surface area contributed by atoms with Gasteiger partial charge in [0.2, 0.25) is 0 Å². The predicted octanol–water partition coefficient (Wildman–Crippen LogP) is 2.59. The molecule has 0 atom stereocenters. The fourth-order valence-electron chi connectivity index (χ4n) is 2.51. The lowest BCUT2D eigenvalue weighted by Gasteiger charge is -2.04. The van der Waals surface area contributed by atoms with E-state index in [0.29, 0.717) is 22.4 Å². The van der Waals surface area contributed by atoms with Crippen LogP contribution in [0.15, 0.2) is 58.2 Å². The predicted molar refractivity (Wildman–Crippen MR) is 90.0 cm³/mol. The van der Waals surface area contributed by atoms with Crippen LogP contribution in [-0.2, 0) is 16.9 Å². The monoisotopic (exact) mass is 346 g/mol. The molecule has 0 fully saturated rings. The number of aromatic amines is 1. The quantitative estimate of drug-likeness (QED) is 0.792. The molecule has 0 radical (unpaired) electrons. The van der Waals surface area contributed by atoms with Gasteiger partial charge in [-0.2, -0.15) is 0 Å². The summed E-state index contributed by atoms with van der Waals surface area (Å²) in [5, 5.41) is 2.96. The van der Waals surface area contributed by atoms with E-state index in [1.165, 1.54) is 41.1 Å². The van der Waals surface area contributed by atoms with Crippen molar-refractivity contribution in [3.63, 3.8) is 0 Å². The summed E-state index contributed by atoms with van der Waals surface area (Å²) in [7, 11) is -1.70. The van der Waals surface area contributed by atoms with Crippen LogP contribution in [0.3, 0.4) is 0 Å². The highest BCUT2D eigenvalue weighted by molar-refractivity contribution is 7.90. The number of halogens is 1. The Balaban J connectivity index is 2.17. The molecule has 0 aliphatic rings. The Morgan fingerprint density at radius 1 is 0.958 bits per heavy atom. The zero-order valence-electron chi connectivity index (χ0n) is 13.1. The minimum absolute atomic E-state index is 0.202. The lowest BCUT2D eigenvalue weighted by atomic mass is 10.0. The normalized spacial score (nSPS) is 11.6. The Hall–Kier alpha value is -2.67. The molecule has 3 rings (SSSR count). The maximum Gasteiger partial charge on any atom is 0.274 e. The van der Waals surface area contributed by atoms with Crippen molar-refractivity contribution in [3.8, 4) is 22.4 Å². The van der Waals surface area contributed by atoms with E-state index in [1.54, 1.807) is 19.2 Å². The van der Waals surface area contributed by atoms with Gasteiger partial charge in [0.05, 0.1) is 16.2 Å². The van der Waals surface area contributed by atoms with Crippen LogP contribution in [0.5, 0.6) is 0 Å². The zero-order chi connectivity index (χ0) is 17.5. The lowest BCUT2D eigenvalue weighted by molar-refractivity contribution is 0.602. The van der Waals surface area contributed by atoms with E-state index in [9.17, 15) is 17.6 Å². The van der Waals surface area contributed by atoms with Gasteiger partial charge in [-0.15, -0.1) is 0 Å². The third-order valence-electron chi connectivity index (χ3n) is 3.75. The van der Waals surface area contributed by atoms with Crippen LogP contribution in [0.25, 0.3) is 22.4 Å². The van der Waals surface area contributed by atoms with Crippen LogP contribution >= 0.6 is 0 Å². The van der Waals surface area contributed by atoms with Gasteiger partial charge in [0.25, 0.3) is 5.56 Å². The van der Waals surface area contributed by atoms with Crippen molar-refractivity contribution in [3.05, 3.63) is 64.7 Å². The minimum Gasteiger partial charge on any atom is -0.295 e. The van der Waals surface area contributed by atoms with Gasteiger partial charge < -0.3 is 0 Å². The number of hydrogen-bond acceptors (Lipinski definition) is 3. The van der Waals surface area contributed by atoms with Gasteiger partial charge in [-0.1, -0.05) is 24.3 Å². The van der Waals surface area contributed by atoms with E-state index < -0.39 is 9.84 Å². The first-order valence-electron chi connectivity index (χ1n) is 7.13. The molecule has 0 saturated carbocycles. The number of hydrogen-bond donors (Lipinski definition) is 1. The molecule has 1 heterocycles. The summed E-state index contributed by atoms with van der Waals surface area (Å²) < 4.78 is 37.6. The summed E-state index contributed by atoms with van der Waals surface area (Å²) in [4.78, 5) is 12.6. The minimum atomic E-state index is -3.29. The lowest BCUT2D eigenvalue weighted by Crippen LogP contribution is -2.13. The van der Waals surface area contributed by atoms with E-state index in [-0.39, 0.29) is 16.3 Å². The number of aromatic nitrogens is 2. The van der Waals surface area contributed by atoms with Crippen molar-refractivity contribution >= 4 is 9.84 Å². The fraction of sp³-hybridized carbons (Fsp3) is 0.118. The molecular weight excluding hydrogens is 331 g/mol. The maximum absolute atomic E-state index is 13.1. The summed E-state index contributed by atoms with van der Waals surface area (Å²) in [5.74, 6) is -0.384. The average Bonchev–Trinajstić information content (AvgIpc) is 2.83. The van der Waals surface area contributed by atoms with Gasteiger partial charge in [-0.25, -0.2) is 12.8 Å².